The zero-order chi connectivity index (χ0) is 18.1. The number of aryl methyl sites for hydroxylation is 1. The van der Waals surface area contributed by atoms with Crippen LogP contribution in [0.1, 0.15) is 24.6 Å². The summed E-state index contributed by atoms with van der Waals surface area (Å²) < 4.78 is 41.3. The van der Waals surface area contributed by atoms with Crippen molar-refractivity contribution in [3.63, 3.8) is 0 Å². The molecule has 2 heterocycles. The topological polar surface area (TPSA) is 61.6 Å². The summed E-state index contributed by atoms with van der Waals surface area (Å²) in [4.78, 5) is 20.0. The van der Waals surface area contributed by atoms with E-state index < -0.39 is 24.2 Å². The Bertz CT molecular complexity index is 578. The molecule has 6 nitrogen and oxygen atoms in total. The van der Waals surface area contributed by atoms with Crippen LogP contribution in [0.4, 0.5) is 13.2 Å². The SMILES string of the molecule is CN(C)C(C(=O)N1CCC(CO)(C(F)(F)F)CC1)c1cncn1C. The molecule has 1 aliphatic heterocycles. The van der Waals surface area contributed by atoms with Gasteiger partial charge in [-0.3, -0.25) is 9.69 Å². The molecule has 0 radical (unpaired) electrons. The maximum Gasteiger partial charge on any atom is 0.396 e. The standard InChI is InChI=1S/C15H23F3N4O2/c1-20(2)12(11-8-19-10-21(11)3)13(24)22-6-4-14(9-23,5-7-22)15(16,17)18/h8,10,12,23H,4-7,9H2,1-3H3. The van der Waals surface area contributed by atoms with E-state index in [1.807, 2.05) is 0 Å². The van der Waals surface area contributed by atoms with Gasteiger partial charge in [-0.15, -0.1) is 0 Å². The minimum absolute atomic E-state index is 0.0267. The summed E-state index contributed by atoms with van der Waals surface area (Å²) in [5.41, 5.74) is -1.43. The number of aromatic nitrogens is 2. The molecule has 0 saturated carbocycles. The van der Waals surface area contributed by atoms with E-state index in [0.717, 1.165) is 0 Å². The number of aliphatic hydroxyl groups excluding tert-OH is 1. The van der Waals surface area contributed by atoms with Gasteiger partial charge in [-0.25, -0.2) is 4.98 Å². The van der Waals surface area contributed by atoms with Gasteiger partial charge in [-0.2, -0.15) is 13.2 Å². The predicted octanol–water partition coefficient (Wildman–Crippen LogP) is 1.19. The smallest absolute Gasteiger partial charge is 0.395 e. The van der Waals surface area contributed by atoms with Crippen molar-refractivity contribution in [2.45, 2.75) is 25.1 Å². The molecular formula is C15H23F3N4O2. The van der Waals surface area contributed by atoms with E-state index in [4.69, 9.17) is 0 Å². The normalized spacial score (nSPS) is 19.6. The third kappa shape index (κ3) is 3.27. The van der Waals surface area contributed by atoms with Crippen molar-refractivity contribution in [3.8, 4) is 0 Å². The maximum absolute atomic E-state index is 13.2. The molecule has 1 saturated heterocycles. The predicted molar refractivity (Wildman–Crippen MR) is 81.0 cm³/mol. The van der Waals surface area contributed by atoms with Crippen LogP contribution in [0.5, 0.6) is 0 Å². The first kappa shape index (κ1) is 18.7. The number of rotatable bonds is 4. The lowest BCUT2D eigenvalue weighted by molar-refractivity contribution is -0.249. The molecule has 1 aliphatic rings. The molecule has 1 N–H and O–H groups in total. The monoisotopic (exact) mass is 348 g/mol. The summed E-state index contributed by atoms with van der Waals surface area (Å²) in [5, 5.41) is 9.24. The highest BCUT2D eigenvalue weighted by atomic mass is 19.4. The fourth-order valence-electron chi connectivity index (χ4n) is 3.10. The van der Waals surface area contributed by atoms with E-state index in [0.29, 0.717) is 5.69 Å². The number of hydrogen-bond acceptors (Lipinski definition) is 4. The second kappa shape index (κ2) is 6.72. The van der Waals surface area contributed by atoms with Crippen molar-refractivity contribution < 1.29 is 23.1 Å². The van der Waals surface area contributed by atoms with Crippen molar-refractivity contribution in [3.05, 3.63) is 18.2 Å². The number of amides is 1. The number of alkyl halides is 3. The van der Waals surface area contributed by atoms with E-state index in [2.05, 4.69) is 4.98 Å². The molecule has 1 fully saturated rings. The second-order valence-electron chi connectivity index (χ2n) is 6.56. The van der Waals surface area contributed by atoms with Crippen LogP contribution < -0.4 is 0 Å². The molecule has 1 atom stereocenters. The molecule has 1 aromatic heterocycles. The largest absolute Gasteiger partial charge is 0.396 e. The van der Waals surface area contributed by atoms with Gasteiger partial charge in [0.15, 0.2) is 0 Å². The van der Waals surface area contributed by atoms with Gasteiger partial charge in [0, 0.05) is 20.1 Å². The van der Waals surface area contributed by atoms with Crippen LogP contribution >= 0.6 is 0 Å². The molecule has 24 heavy (non-hydrogen) atoms. The number of likely N-dealkylation sites (tertiary alicyclic amines) is 1. The first-order chi connectivity index (χ1) is 11.1. The summed E-state index contributed by atoms with van der Waals surface area (Å²) in [6.45, 7) is -1.00. The van der Waals surface area contributed by atoms with E-state index in [1.165, 1.54) is 4.90 Å². The van der Waals surface area contributed by atoms with E-state index in [9.17, 15) is 23.1 Å². The molecule has 2 rings (SSSR count). The van der Waals surface area contributed by atoms with Crippen molar-refractivity contribution in [2.24, 2.45) is 12.5 Å². The molecule has 9 heteroatoms. The minimum atomic E-state index is -4.47. The van der Waals surface area contributed by atoms with Gasteiger partial charge in [-0.05, 0) is 26.9 Å². The lowest BCUT2D eigenvalue weighted by atomic mass is 9.78. The maximum atomic E-state index is 13.2. The van der Waals surface area contributed by atoms with Gasteiger partial charge < -0.3 is 14.6 Å². The van der Waals surface area contributed by atoms with Crippen LogP contribution in [0.3, 0.4) is 0 Å². The summed E-state index contributed by atoms with van der Waals surface area (Å²) in [7, 11) is 5.25. The molecule has 1 unspecified atom stereocenters. The minimum Gasteiger partial charge on any atom is -0.395 e. The van der Waals surface area contributed by atoms with Crippen molar-refractivity contribution >= 4 is 5.91 Å². The zero-order valence-electron chi connectivity index (χ0n) is 14.0. The molecule has 0 aromatic carbocycles. The summed E-state index contributed by atoms with van der Waals surface area (Å²) in [5.74, 6) is -0.252. The third-order valence-electron chi connectivity index (χ3n) is 4.82. The van der Waals surface area contributed by atoms with Crippen LogP contribution in [0, 0.1) is 5.41 Å². The molecular weight excluding hydrogens is 325 g/mol. The highest BCUT2D eigenvalue weighted by Gasteiger charge is 2.55. The fraction of sp³-hybridized carbons (Fsp3) is 0.733. The second-order valence-corrected chi connectivity index (χ2v) is 6.56. The number of imidazole rings is 1. The third-order valence-corrected chi connectivity index (χ3v) is 4.82. The number of nitrogens with zero attached hydrogens (tertiary/aromatic N) is 4. The number of hydrogen-bond donors (Lipinski definition) is 1. The van der Waals surface area contributed by atoms with Gasteiger partial charge in [0.05, 0.1) is 30.2 Å². The number of halogens is 3. The lowest BCUT2D eigenvalue weighted by Gasteiger charge is -2.42. The fourth-order valence-corrected chi connectivity index (χ4v) is 3.10. The highest BCUT2D eigenvalue weighted by molar-refractivity contribution is 5.83. The Balaban J connectivity index is 2.15. The molecule has 0 bridgehead atoms. The van der Waals surface area contributed by atoms with Gasteiger partial charge in [0.2, 0.25) is 5.91 Å². The van der Waals surface area contributed by atoms with Gasteiger partial charge >= 0.3 is 6.18 Å². The highest BCUT2D eigenvalue weighted by Crippen LogP contribution is 2.46. The van der Waals surface area contributed by atoms with E-state index >= 15 is 0 Å². The Morgan fingerprint density at radius 3 is 2.38 bits per heavy atom. The van der Waals surface area contributed by atoms with Crippen LogP contribution in [0.15, 0.2) is 12.5 Å². The van der Waals surface area contributed by atoms with Crippen molar-refractivity contribution in [1.82, 2.24) is 19.4 Å². The van der Waals surface area contributed by atoms with Crippen molar-refractivity contribution in [2.75, 3.05) is 33.8 Å². The molecule has 0 aliphatic carbocycles. The van der Waals surface area contributed by atoms with Gasteiger partial charge in [0.25, 0.3) is 0 Å². The summed E-state index contributed by atoms with van der Waals surface area (Å²) in [6.07, 6.45) is -1.88. The van der Waals surface area contributed by atoms with Crippen LogP contribution in [-0.4, -0.2) is 70.3 Å². The van der Waals surface area contributed by atoms with Crippen LogP contribution in [0.25, 0.3) is 0 Å². The number of carbonyl (C=O) groups excluding carboxylic acids is 1. The van der Waals surface area contributed by atoms with Crippen LogP contribution in [-0.2, 0) is 11.8 Å². The quantitative estimate of drug-likeness (QED) is 0.888. The number of likely N-dealkylation sites (N-methyl/N-ethyl adjacent to an activating group) is 1. The average Bonchev–Trinajstić information content (AvgIpc) is 2.92. The first-order valence-electron chi connectivity index (χ1n) is 7.72. The van der Waals surface area contributed by atoms with Gasteiger partial charge in [-0.1, -0.05) is 0 Å². The Kier molecular flexibility index (Phi) is 5.24. The number of carbonyl (C=O) groups is 1. The van der Waals surface area contributed by atoms with Crippen molar-refractivity contribution in [1.29, 1.82) is 0 Å². The summed E-state index contributed by atoms with van der Waals surface area (Å²) in [6, 6.07) is -0.606. The Morgan fingerprint density at radius 1 is 1.42 bits per heavy atom. The molecule has 1 amide bonds. The van der Waals surface area contributed by atoms with E-state index in [1.54, 1.807) is 43.1 Å². The molecule has 136 valence electrons. The van der Waals surface area contributed by atoms with Gasteiger partial charge in [0.1, 0.15) is 6.04 Å². The molecule has 1 aromatic rings. The number of aliphatic hydroxyl groups is 1. The Morgan fingerprint density at radius 2 is 2.00 bits per heavy atom. The average molecular weight is 348 g/mol. The van der Waals surface area contributed by atoms with Crippen LogP contribution in [0.2, 0.25) is 0 Å². The summed E-state index contributed by atoms with van der Waals surface area (Å²) >= 11 is 0. The zero-order valence-corrected chi connectivity index (χ0v) is 14.0. The Labute approximate surface area is 138 Å². The Hall–Kier alpha value is -1.61. The number of piperidine rings is 1. The van der Waals surface area contributed by atoms with E-state index in [-0.39, 0.29) is 31.8 Å². The lowest BCUT2D eigenvalue weighted by Crippen LogP contribution is -2.53. The molecule has 0 spiro atoms. The first-order valence-corrected chi connectivity index (χ1v) is 7.72.